The summed E-state index contributed by atoms with van der Waals surface area (Å²) in [5.74, 6) is 0.824. The van der Waals surface area contributed by atoms with E-state index >= 15 is 0 Å². The van der Waals surface area contributed by atoms with Crippen LogP contribution in [0.2, 0.25) is 0 Å². The number of nitrogens with two attached hydrogens (primary N) is 1. The Morgan fingerprint density at radius 1 is 1.39 bits per heavy atom. The standard InChI is InChI=1S/C13H21N3O2/c1-15-13(17)10-16(2)7-8-18-12-5-3-11(9-14)4-6-12/h3-6H,7-10,14H2,1-2H3,(H,15,17). The smallest absolute Gasteiger partial charge is 0.233 e. The highest BCUT2D eigenvalue weighted by Gasteiger charge is 2.04. The highest BCUT2D eigenvalue weighted by Crippen LogP contribution is 2.11. The minimum atomic E-state index is 0.00444. The highest BCUT2D eigenvalue weighted by atomic mass is 16.5. The molecule has 0 aliphatic carbocycles. The number of rotatable bonds is 7. The van der Waals surface area contributed by atoms with Gasteiger partial charge in [-0.3, -0.25) is 9.69 Å². The van der Waals surface area contributed by atoms with Gasteiger partial charge in [0.05, 0.1) is 6.54 Å². The van der Waals surface area contributed by atoms with Crippen molar-refractivity contribution in [1.29, 1.82) is 0 Å². The maximum atomic E-state index is 11.1. The summed E-state index contributed by atoms with van der Waals surface area (Å²) in [6, 6.07) is 7.70. The normalized spacial score (nSPS) is 10.4. The number of benzene rings is 1. The Morgan fingerprint density at radius 3 is 2.61 bits per heavy atom. The Labute approximate surface area is 108 Å². The molecule has 1 rings (SSSR count). The van der Waals surface area contributed by atoms with Gasteiger partial charge in [0, 0.05) is 20.1 Å². The summed E-state index contributed by atoms with van der Waals surface area (Å²) in [4.78, 5) is 13.0. The fourth-order valence-corrected chi connectivity index (χ4v) is 1.44. The molecule has 0 aliphatic rings. The van der Waals surface area contributed by atoms with Gasteiger partial charge < -0.3 is 15.8 Å². The molecule has 100 valence electrons. The van der Waals surface area contributed by atoms with E-state index in [2.05, 4.69) is 5.32 Å². The largest absolute Gasteiger partial charge is 0.492 e. The predicted octanol–water partition coefficient (Wildman–Crippen LogP) is 0.202. The summed E-state index contributed by atoms with van der Waals surface area (Å²) < 4.78 is 5.58. The number of ether oxygens (including phenoxy) is 1. The number of likely N-dealkylation sites (N-methyl/N-ethyl adjacent to an activating group) is 2. The molecule has 1 aromatic rings. The summed E-state index contributed by atoms with van der Waals surface area (Å²) in [7, 11) is 3.52. The molecule has 0 unspecified atom stereocenters. The van der Waals surface area contributed by atoms with Gasteiger partial charge >= 0.3 is 0 Å². The topological polar surface area (TPSA) is 67.6 Å². The molecule has 1 aromatic carbocycles. The van der Waals surface area contributed by atoms with E-state index in [1.807, 2.05) is 36.2 Å². The van der Waals surface area contributed by atoms with Crippen LogP contribution in [0.1, 0.15) is 5.56 Å². The van der Waals surface area contributed by atoms with Gasteiger partial charge in [0.25, 0.3) is 0 Å². The van der Waals surface area contributed by atoms with Crippen molar-refractivity contribution in [3.05, 3.63) is 29.8 Å². The van der Waals surface area contributed by atoms with Crippen molar-refractivity contribution >= 4 is 5.91 Å². The van der Waals surface area contributed by atoms with Gasteiger partial charge in [-0.05, 0) is 24.7 Å². The molecule has 0 aromatic heterocycles. The number of carbonyl (C=O) groups is 1. The van der Waals surface area contributed by atoms with E-state index in [1.165, 1.54) is 0 Å². The van der Waals surface area contributed by atoms with Crippen LogP contribution in [0.3, 0.4) is 0 Å². The van der Waals surface area contributed by atoms with Crippen LogP contribution in [-0.2, 0) is 11.3 Å². The van der Waals surface area contributed by atoms with Gasteiger partial charge in [-0.1, -0.05) is 12.1 Å². The molecule has 0 saturated carbocycles. The zero-order valence-electron chi connectivity index (χ0n) is 11.0. The van der Waals surface area contributed by atoms with Crippen LogP contribution in [0, 0.1) is 0 Å². The lowest BCUT2D eigenvalue weighted by atomic mass is 10.2. The molecule has 3 N–H and O–H groups in total. The van der Waals surface area contributed by atoms with Crippen LogP contribution >= 0.6 is 0 Å². The minimum absolute atomic E-state index is 0.00444. The molecule has 18 heavy (non-hydrogen) atoms. The van der Waals surface area contributed by atoms with Gasteiger partial charge in [-0.15, -0.1) is 0 Å². The van der Waals surface area contributed by atoms with E-state index < -0.39 is 0 Å². The Hall–Kier alpha value is -1.59. The summed E-state index contributed by atoms with van der Waals surface area (Å²) in [5.41, 5.74) is 6.60. The molecule has 0 atom stereocenters. The first-order valence-electron chi connectivity index (χ1n) is 5.96. The fraction of sp³-hybridized carbons (Fsp3) is 0.462. The van der Waals surface area contributed by atoms with E-state index in [0.717, 1.165) is 11.3 Å². The third-order valence-electron chi connectivity index (χ3n) is 2.59. The maximum absolute atomic E-state index is 11.1. The van der Waals surface area contributed by atoms with Crippen molar-refractivity contribution in [2.45, 2.75) is 6.54 Å². The number of nitrogens with zero attached hydrogens (tertiary/aromatic N) is 1. The van der Waals surface area contributed by atoms with E-state index in [1.54, 1.807) is 7.05 Å². The van der Waals surface area contributed by atoms with Crippen molar-refractivity contribution in [1.82, 2.24) is 10.2 Å². The Bertz CT molecular complexity index is 365. The van der Waals surface area contributed by atoms with Crippen LogP contribution in [0.4, 0.5) is 0 Å². The average molecular weight is 251 g/mol. The number of nitrogens with one attached hydrogen (secondary N) is 1. The van der Waals surface area contributed by atoms with Crippen LogP contribution < -0.4 is 15.8 Å². The molecular weight excluding hydrogens is 230 g/mol. The lowest BCUT2D eigenvalue weighted by molar-refractivity contribution is -0.121. The lowest BCUT2D eigenvalue weighted by Crippen LogP contribution is -2.35. The molecular formula is C13H21N3O2. The van der Waals surface area contributed by atoms with Gasteiger partial charge in [0.1, 0.15) is 12.4 Å². The zero-order chi connectivity index (χ0) is 13.4. The molecule has 1 amide bonds. The molecule has 0 saturated heterocycles. The number of carbonyl (C=O) groups excluding carboxylic acids is 1. The Morgan fingerprint density at radius 2 is 2.06 bits per heavy atom. The fourth-order valence-electron chi connectivity index (χ4n) is 1.44. The Kier molecular flexibility index (Phi) is 6.18. The monoisotopic (exact) mass is 251 g/mol. The molecule has 0 spiro atoms. The van der Waals surface area contributed by atoms with E-state index in [4.69, 9.17) is 10.5 Å². The molecule has 0 fully saturated rings. The van der Waals surface area contributed by atoms with Crippen molar-refractivity contribution in [2.75, 3.05) is 33.8 Å². The Balaban J connectivity index is 2.26. The average Bonchev–Trinajstić information content (AvgIpc) is 2.39. The van der Waals surface area contributed by atoms with Gasteiger partial charge in [0.2, 0.25) is 5.91 Å². The zero-order valence-corrected chi connectivity index (χ0v) is 11.0. The third-order valence-corrected chi connectivity index (χ3v) is 2.59. The van der Waals surface area contributed by atoms with Crippen LogP contribution in [-0.4, -0.2) is 44.6 Å². The van der Waals surface area contributed by atoms with Gasteiger partial charge in [0.15, 0.2) is 0 Å². The molecule has 5 nitrogen and oxygen atoms in total. The van der Waals surface area contributed by atoms with Crippen molar-refractivity contribution < 1.29 is 9.53 Å². The van der Waals surface area contributed by atoms with Crippen molar-refractivity contribution in [3.63, 3.8) is 0 Å². The van der Waals surface area contributed by atoms with Crippen LogP contribution in [0.25, 0.3) is 0 Å². The quantitative estimate of drug-likeness (QED) is 0.726. The second-order valence-electron chi connectivity index (χ2n) is 4.11. The molecule has 0 bridgehead atoms. The van der Waals surface area contributed by atoms with Crippen LogP contribution in [0.5, 0.6) is 5.75 Å². The van der Waals surface area contributed by atoms with E-state index in [0.29, 0.717) is 26.2 Å². The number of hydrogen-bond donors (Lipinski definition) is 2. The SMILES string of the molecule is CNC(=O)CN(C)CCOc1ccc(CN)cc1. The molecule has 0 aliphatic heterocycles. The number of hydrogen-bond acceptors (Lipinski definition) is 4. The van der Waals surface area contributed by atoms with Crippen LogP contribution in [0.15, 0.2) is 24.3 Å². The second-order valence-corrected chi connectivity index (χ2v) is 4.11. The van der Waals surface area contributed by atoms with Crippen molar-refractivity contribution in [2.24, 2.45) is 5.73 Å². The first-order chi connectivity index (χ1) is 8.65. The van der Waals surface area contributed by atoms with Gasteiger partial charge in [-0.2, -0.15) is 0 Å². The maximum Gasteiger partial charge on any atom is 0.233 e. The van der Waals surface area contributed by atoms with Gasteiger partial charge in [-0.25, -0.2) is 0 Å². The summed E-state index contributed by atoms with van der Waals surface area (Å²) in [6.45, 7) is 2.17. The van der Waals surface area contributed by atoms with E-state index in [-0.39, 0.29) is 5.91 Å². The lowest BCUT2D eigenvalue weighted by Gasteiger charge is -2.15. The molecule has 0 heterocycles. The van der Waals surface area contributed by atoms with E-state index in [9.17, 15) is 4.79 Å². The summed E-state index contributed by atoms with van der Waals surface area (Å²) in [6.07, 6.45) is 0. The predicted molar refractivity (Wildman–Crippen MR) is 71.4 cm³/mol. The summed E-state index contributed by atoms with van der Waals surface area (Å²) in [5, 5.41) is 2.58. The number of amides is 1. The summed E-state index contributed by atoms with van der Waals surface area (Å²) >= 11 is 0. The second kappa shape index (κ2) is 7.68. The third kappa shape index (κ3) is 5.16. The molecule has 5 heteroatoms. The first kappa shape index (κ1) is 14.5. The highest BCUT2D eigenvalue weighted by molar-refractivity contribution is 5.77. The van der Waals surface area contributed by atoms with Crippen molar-refractivity contribution in [3.8, 4) is 5.75 Å². The minimum Gasteiger partial charge on any atom is -0.492 e. The molecule has 0 radical (unpaired) electrons. The first-order valence-corrected chi connectivity index (χ1v) is 5.96.